The average Bonchev–Trinajstić information content (AvgIpc) is 2.62. The number of aliphatic hydroxyl groups is 1. The van der Waals surface area contributed by atoms with Gasteiger partial charge in [0.2, 0.25) is 0 Å². The summed E-state index contributed by atoms with van der Waals surface area (Å²) in [5.41, 5.74) is 3.81. The van der Waals surface area contributed by atoms with Crippen LogP contribution in [0.15, 0.2) is 42.5 Å². The molecule has 0 spiro atoms. The van der Waals surface area contributed by atoms with Gasteiger partial charge in [-0.05, 0) is 55.0 Å². The molecule has 0 bridgehead atoms. The van der Waals surface area contributed by atoms with Gasteiger partial charge in [-0.25, -0.2) is 0 Å². The van der Waals surface area contributed by atoms with Crippen molar-refractivity contribution in [1.82, 2.24) is 5.32 Å². The van der Waals surface area contributed by atoms with Gasteiger partial charge in [0.15, 0.2) is 0 Å². The van der Waals surface area contributed by atoms with Crippen LogP contribution in [0.25, 0.3) is 0 Å². The Morgan fingerprint density at radius 2 is 1.81 bits per heavy atom. The van der Waals surface area contributed by atoms with Crippen LogP contribution < -0.4 is 10.6 Å². The summed E-state index contributed by atoms with van der Waals surface area (Å²) in [4.78, 5) is 24.3. The number of aryl methyl sites for hydroxylation is 3. The Labute approximate surface area is 153 Å². The summed E-state index contributed by atoms with van der Waals surface area (Å²) in [7, 11) is 0. The van der Waals surface area contributed by atoms with Crippen molar-refractivity contribution in [1.29, 1.82) is 0 Å². The third-order valence-electron chi connectivity index (χ3n) is 4.92. The van der Waals surface area contributed by atoms with Gasteiger partial charge in [-0.3, -0.25) is 9.59 Å². The molecule has 5 heteroatoms. The zero-order valence-corrected chi connectivity index (χ0v) is 15.1. The number of fused-ring (bicyclic) bond motifs is 1. The van der Waals surface area contributed by atoms with Gasteiger partial charge < -0.3 is 15.7 Å². The van der Waals surface area contributed by atoms with Gasteiger partial charge >= 0.3 is 11.8 Å². The van der Waals surface area contributed by atoms with E-state index in [1.807, 2.05) is 50.2 Å². The van der Waals surface area contributed by atoms with Crippen LogP contribution >= 0.6 is 0 Å². The summed E-state index contributed by atoms with van der Waals surface area (Å²) in [5, 5.41) is 16.0. The van der Waals surface area contributed by atoms with Gasteiger partial charge in [0, 0.05) is 18.7 Å². The number of nitrogens with one attached hydrogen (secondary N) is 2. The van der Waals surface area contributed by atoms with Crippen LogP contribution in [0.5, 0.6) is 0 Å². The minimum atomic E-state index is -1.02. The van der Waals surface area contributed by atoms with Crippen molar-refractivity contribution in [2.24, 2.45) is 0 Å². The second-order valence-corrected chi connectivity index (χ2v) is 7.13. The van der Waals surface area contributed by atoms with E-state index in [4.69, 9.17) is 0 Å². The summed E-state index contributed by atoms with van der Waals surface area (Å²) >= 11 is 0. The van der Waals surface area contributed by atoms with E-state index in [0.29, 0.717) is 18.5 Å². The van der Waals surface area contributed by atoms with Gasteiger partial charge in [-0.2, -0.15) is 0 Å². The number of hydrogen-bond acceptors (Lipinski definition) is 3. The number of hydrogen-bond donors (Lipinski definition) is 3. The van der Waals surface area contributed by atoms with Crippen LogP contribution in [-0.4, -0.2) is 29.1 Å². The molecule has 0 heterocycles. The van der Waals surface area contributed by atoms with Crippen molar-refractivity contribution in [3.63, 3.8) is 0 Å². The molecule has 0 radical (unpaired) electrons. The molecule has 2 amide bonds. The Hall–Kier alpha value is -2.66. The number of anilines is 1. The molecular formula is C21H24N2O3. The Balaban J connectivity index is 1.58. The highest BCUT2D eigenvalue weighted by Gasteiger charge is 2.33. The van der Waals surface area contributed by atoms with E-state index in [-0.39, 0.29) is 6.54 Å². The summed E-state index contributed by atoms with van der Waals surface area (Å²) < 4.78 is 0. The third kappa shape index (κ3) is 4.11. The van der Waals surface area contributed by atoms with Crippen molar-refractivity contribution in [2.45, 2.75) is 38.7 Å². The highest BCUT2D eigenvalue weighted by molar-refractivity contribution is 6.39. The van der Waals surface area contributed by atoms with Crippen molar-refractivity contribution in [3.05, 3.63) is 64.7 Å². The lowest BCUT2D eigenvalue weighted by molar-refractivity contribution is -0.136. The van der Waals surface area contributed by atoms with Crippen LogP contribution in [0.3, 0.4) is 0 Å². The minimum Gasteiger partial charge on any atom is -0.388 e. The molecule has 26 heavy (non-hydrogen) atoms. The Morgan fingerprint density at radius 1 is 1.08 bits per heavy atom. The van der Waals surface area contributed by atoms with Crippen LogP contribution in [0.4, 0.5) is 5.69 Å². The van der Waals surface area contributed by atoms with E-state index in [9.17, 15) is 14.7 Å². The highest BCUT2D eigenvalue weighted by atomic mass is 16.3. The number of carbonyl (C=O) groups excluding carboxylic acids is 2. The lowest BCUT2D eigenvalue weighted by Crippen LogP contribution is -2.49. The number of rotatable bonds is 3. The Kier molecular flexibility index (Phi) is 5.09. The molecule has 2 aromatic rings. The van der Waals surface area contributed by atoms with E-state index in [1.54, 1.807) is 0 Å². The normalized spacial score (nSPS) is 18.7. The molecule has 1 atom stereocenters. The average molecular weight is 352 g/mol. The molecule has 1 aliphatic rings. The van der Waals surface area contributed by atoms with Gasteiger partial charge in [0.25, 0.3) is 0 Å². The topological polar surface area (TPSA) is 78.4 Å². The number of carbonyl (C=O) groups is 2. The molecule has 0 saturated heterocycles. The predicted octanol–water partition coefficient (Wildman–Crippen LogP) is 2.28. The molecule has 1 unspecified atom stereocenters. The maximum absolute atomic E-state index is 12.1. The smallest absolute Gasteiger partial charge is 0.313 e. The number of benzene rings is 2. The quantitative estimate of drug-likeness (QED) is 0.742. The van der Waals surface area contributed by atoms with Crippen LogP contribution in [0, 0.1) is 13.8 Å². The first-order chi connectivity index (χ1) is 12.4. The zero-order valence-electron chi connectivity index (χ0n) is 15.1. The SMILES string of the molecule is Cc1ccc(C)c(NC(=O)C(=O)NCC2(O)CCc3ccccc3C2)c1. The predicted molar refractivity (Wildman–Crippen MR) is 101 cm³/mol. The van der Waals surface area contributed by atoms with Crippen molar-refractivity contribution in [3.8, 4) is 0 Å². The molecule has 0 aromatic heterocycles. The fraction of sp³-hybridized carbons (Fsp3) is 0.333. The van der Waals surface area contributed by atoms with E-state index in [2.05, 4.69) is 16.7 Å². The monoisotopic (exact) mass is 352 g/mol. The lowest BCUT2D eigenvalue weighted by Gasteiger charge is -2.33. The third-order valence-corrected chi connectivity index (χ3v) is 4.92. The summed E-state index contributed by atoms with van der Waals surface area (Å²) in [5.74, 6) is -1.46. The van der Waals surface area contributed by atoms with Crippen LogP contribution in [-0.2, 0) is 22.4 Å². The van der Waals surface area contributed by atoms with E-state index in [0.717, 1.165) is 23.1 Å². The molecule has 0 fully saturated rings. The standard InChI is InChI=1S/C21H24N2O3/c1-14-7-8-15(2)18(11-14)23-20(25)19(24)22-13-21(26)10-9-16-5-3-4-6-17(16)12-21/h3-8,11,26H,9-10,12-13H2,1-2H3,(H,22,24)(H,23,25). The first kappa shape index (κ1) is 18.1. The van der Waals surface area contributed by atoms with Crippen molar-refractivity contribution < 1.29 is 14.7 Å². The highest BCUT2D eigenvalue weighted by Crippen LogP contribution is 2.28. The number of amides is 2. The minimum absolute atomic E-state index is 0.0559. The molecule has 3 N–H and O–H groups in total. The largest absolute Gasteiger partial charge is 0.388 e. The molecule has 5 nitrogen and oxygen atoms in total. The molecule has 0 saturated carbocycles. The fourth-order valence-corrected chi connectivity index (χ4v) is 3.31. The van der Waals surface area contributed by atoms with E-state index >= 15 is 0 Å². The second kappa shape index (κ2) is 7.30. The maximum atomic E-state index is 12.1. The molecule has 3 rings (SSSR count). The van der Waals surface area contributed by atoms with Crippen molar-refractivity contribution >= 4 is 17.5 Å². The Morgan fingerprint density at radius 3 is 2.58 bits per heavy atom. The zero-order chi connectivity index (χ0) is 18.7. The second-order valence-electron chi connectivity index (χ2n) is 7.13. The lowest BCUT2D eigenvalue weighted by atomic mass is 9.80. The van der Waals surface area contributed by atoms with Gasteiger partial charge in [-0.15, -0.1) is 0 Å². The van der Waals surface area contributed by atoms with E-state index in [1.165, 1.54) is 5.56 Å². The first-order valence-corrected chi connectivity index (χ1v) is 8.82. The van der Waals surface area contributed by atoms with Gasteiger partial charge in [0.05, 0.1) is 5.60 Å². The van der Waals surface area contributed by atoms with Crippen molar-refractivity contribution in [2.75, 3.05) is 11.9 Å². The fourth-order valence-electron chi connectivity index (χ4n) is 3.31. The summed E-state index contributed by atoms with van der Waals surface area (Å²) in [6.07, 6.45) is 1.79. The maximum Gasteiger partial charge on any atom is 0.313 e. The van der Waals surface area contributed by atoms with Gasteiger partial charge in [0.1, 0.15) is 0 Å². The molecule has 0 aliphatic heterocycles. The summed E-state index contributed by atoms with van der Waals surface area (Å²) in [6, 6.07) is 13.7. The molecular weight excluding hydrogens is 328 g/mol. The molecule has 1 aliphatic carbocycles. The van der Waals surface area contributed by atoms with Crippen LogP contribution in [0.2, 0.25) is 0 Å². The Bertz CT molecular complexity index is 847. The molecule has 136 valence electrons. The van der Waals surface area contributed by atoms with Gasteiger partial charge in [-0.1, -0.05) is 36.4 Å². The van der Waals surface area contributed by atoms with Crippen LogP contribution in [0.1, 0.15) is 28.7 Å². The molecule has 2 aromatic carbocycles. The van der Waals surface area contributed by atoms with E-state index < -0.39 is 17.4 Å². The summed E-state index contributed by atoms with van der Waals surface area (Å²) in [6.45, 7) is 3.85. The first-order valence-electron chi connectivity index (χ1n) is 8.82.